The molecule has 1 aromatic heterocycles. The molecule has 2 N–H and O–H groups in total. The number of amides is 2. The molecular weight excluding hydrogens is 380 g/mol. The van der Waals surface area contributed by atoms with E-state index >= 15 is 0 Å². The second kappa shape index (κ2) is 8.96. The number of primary amides is 1. The number of carbonyl (C=O) groups is 2. The summed E-state index contributed by atoms with van der Waals surface area (Å²) >= 11 is 1.40. The lowest BCUT2D eigenvalue weighted by atomic mass is 10.0. The third kappa shape index (κ3) is 4.22. The van der Waals surface area contributed by atoms with Gasteiger partial charge in [0, 0.05) is 13.6 Å². The van der Waals surface area contributed by atoms with Crippen LogP contribution in [0.1, 0.15) is 28.2 Å². The molecule has 8 nitrogen and oxygen atoms in total. The zero-order valence-corrected chi connectivity index (χ0v) is 16.3. The molecule has 1 aliphatic heterocycles. The van der Waals surface area contributed by atoms with Gasteiger partial charge in [0.05, 0.1) is 28.7 Å². The standard InChI is InChI=1S/C19H22N4O4S/c1-3-9-27-22(2)14-10-23(16(18(20)24)15-17(14)28-12-21-15)19(25)26-11-13-7-5-4-6-8-13/h3-8,12,14,16H,1,9-11H2,2H3,(H2,20,24). The van der Waals surface area contributed by atoms with Crippen molar-refractivity contribution in [3.8, 4) is 0 Å². The molecule has 0 radical (unpaired) electrons. The molecule has 3 rings (SSSR count). The van der Waals surface area contributed by atoms with Gasteiger partial charge in [-0.05, 0) is 5.56 Å². The molecule has 2 atom stereocenters. The van der Waals surface area contributed by atoms with Crippen LogP contribution in [0.5, 0.6) is 0 Å². The van der Waals surface area contributed by atoms with Crippen molar-refractivity contribution in [2.24, 2.45) is 5.73 Å². The predicted octanol–water partition coefficient (Wildman–Crippen LogP) is 2.41. The summed E-state index contributed by atoms with van der Waals surface area (Å²) < 4.78 is 5.43. The topological polar surface area (TPSA) is 98.0 Å². The molecule has 2 aromatic rings. The monoisotopic (exact) mass is 402 g/mol. The maximum Gasteiger partial charge on any atom is 0.411 e. The SMILES string of the molecule is C=CCON(C)C1CN(C(=O)OCc2ccccc2)C(C(N)=O)c2ncsc21. The Hall–Kier alpha value is -2.75. The minimum Gasteiger partial charge on any atom is -0.445 e. The van der Waals surface area contributed by atoms with Crippen LogP contribution in [0.25, 0.3) is 0 Å². The van der Waals surface area contributed by atoms with Crippen molar-refractivity contribution in [3.05, 3.63) is 64.6 Å². The lowest BCUT2D eigenvalue weighted by Gasteiger charge is -2.39. The van der Waals surface area contributed by atoms with Crippen LogP contribution < -0.4 is 5.73 Å². The average Bonchev–Trinajstić information content (AvgIpc) is 3.19. The van der Waals surface area contributed by atoms with Crippen molar-refractivity contribution in [2.75, 3.05) is 20.2 Å². The van der Waals surface area contributed by atoms with Gasteiger partial charge in [0.2, 0.25) is 5.91 Å². The number of hydrogen-bond donors (Lipinski definition) is 1. The smallest absolute Gasteiger partial charge is 0.411 e. The molecule has 0 saturated carbocycles. The lowest BCUT2D eigenvalue weighted by molar-refractivity contribution is -0.166. The minimum absolute atomic E-state index is 0.0963. The quantitative estimate of drug-likeness (QED) is 0.564. The summed E-state index contributed by atoms with van der Waals surface area (Å²) in [4.78, 5) is 37.0. The van der Waals surface area contributed by atoms with Gasteiger partial charge in [-0.1, -0.05) is 36.4 Å². The van der Waals surface area contributed by atoms with Crippen LogP contribution in [0, 0.1) is 0 Å². The number of ether oxygens (including phenoxy) is 1. The second-order valence-corrected chi connectivity index (χ2v) is 7.13. The van der Waals surface area contributed by atoms with E-state index in [-0.39, 0.29) is 19.2 Å². The van der Waals surface area contributed by atoms with Crippen LogP contribution >= 0.6 is 11.3 Å². The molecule has 2 heterocycles. The third-order valence-electron chi connectivity index (χ3n) is 4.41. The molecule has 28 heavy (non-hydrogen) atoms. The van der Waals surface area contributed by atoms with Gasteiger partial charge < -0.3 is 10.5 Å². The summed E-state index contributed by atoms with van der Waals surface area (Å²) in [7, 11) is 1.76. The number of hydroxylamine groups is 2. The van der Waals surface area contributed by atoms with E-state index in [1.54, 1.807) is 23.7 Å². The van der Waals surface area contributed by atoms with Crippen molar-refractivity contribution in [1.82, 2.24) is 14.9 Å². The van der Waals surface area contributed by atoms with Crippen LogP contribution in [-0.2, 0) is 21.0 Å². The first-order chi connectivity index (χ1) is 13.5. The number of carbonyl (C=O) groups excluding carboxylic acids is 2. The molecule has 2 amide bonds. The molecule has 0 saturated heterocycles. The van der Waals surface area contributed by atoms with Gasteiger partial charge in [-0.25, -0.2) is 9.78 Å². The van der Waals surface area contributed by atoms with E-state index in [4.69, 9.17) is 15.3 Å². The number of benzene rings is 1. The summed E-state index contributed by atoms with van der Waals surface area (Å²) in [6.07, 6.45) is 0.999. The van der Waals surface area contributed by atoms with E-state index in [2.05, 4.69) is 11.6 Å². The Balaban J connectivity index is 1.83. The van der Waals surface area contributed by atoms with E-state index in [0.717, 1.165) is 10.4 Å². The number of nitrogens with zero attached hydrogens (tertiary/aromatic N) is 3. The number of likely N-dealkylation sites (N-methyl/N-ethyl adjacent to an activating group) is 1. The third-order valence-corrected chi connectivity index (χ3v) is 5.36. The van der Waals surface area contributed by atoms with Crippen molar-refractivity contribution in [3.63, 3.8) is 0 Å². The number of thiazole rings is 1. The Morgan fingerprint density at radius 1 is 1.43 bits per heavy atom. The molecule has 1 aliphatic rings. The van der Waals surface area contributed by atoms with Crippen molar-refractivity contribution < 1.29 is 19.2 Å². The van der Waals surface area contributed by atoms with Crippen LogP contribution in [0.4, 0.5) is 4.79 Å². The van der Waals surface area contributed by atoms with E-state index in [9.17, 15) is 9.59 Å². The van der Waals surface area contributed by atoms with E-state index in [1.165, 1.54) is 16.2 Å². The van der Waals surface area contributed by atoms with E-state index in [0.29, 0.717) is 12.3 Å². The van der Waals surface area contributed by atoms with Crippen LogP contribution in [0.3, 0.4) is 0 Å². The maximum atomic E-state index is 12.8. The zero-order chi connectivity index (χ0) is 20.1. The molecule has 2 unspecified atom stereocenters. The highest BCUT2D eigenvalue weighted by Gasteiger charge is 2.43. The molecule has 1 aromatic carbocycles. The van der Waals surface area contributed by atoms with Gasteiger partial charge in [0.25, 0.3) is 0 Å². The summed E-state index contributed by atoms with van der Waals surface area (Å²) in [6, 6.07) is 8.03. The fourth-order valence-corrected chi connectivity index (χ4v) is 4.00. The van der Waals surface area contributed by atoms with Gasteiger partial charge in [0.15, 0.2) is 6.04 Å². The highest BCUT2D eigenvalue weighted by molar-refractivity contribution is 7.09. The molecule has 0 aliphatic carbocycles. The second-order valence-electron chi connectivity index (χ2n) is 6.25. The molecule has 0 bridgehead atoms. The number of nitrogens with two attached hydrogens (primary N) is 1. The summed E-state index contributed by atoms with van der Waals surface area (Å²) in [5, 5.41) is 1.63. The van der Waals surface area contributed by atoms with Crippen molar-refractivity contribution >= 4 is 23.3 Å². The van der Waals surface area contributed by atoms with Crippen LogP contribution in [0.15, 0.2) is 48.5 Å². The Morgan fingerprint density at radius 3 is 2.86 bits per heavy atom. The van der Waals surface area contributed by atoms with Gasteiger partial charge >= 0.3 is 6.09 Å². The first-order valence-corrected chi connectivity index (χ1v) is 9.57. The number of aromatic nitrogens is 1. The van der Waals surface area contributed by atoms with E-state index in [1.807, 2.05) is 30.3 Å². The summed E-state index contributed by atoms with van der Waals surface area (Å²) in [6.45, 7) is 4.24. The predicted molar refractivity (Wildman–Crippen MR) is 104 cm³/mol. The fraction of sp³-hybridized carbons (Fsp3) is 0.316. The Morgan fingerprint density at radius 2 is 2.18 bits per heavy atom. The van der Waals surface area contributed by atoms with Gasteiger partial charge in [-0.3, -0.25) is 14.5 Å². The number of hydrogen-bond acceptors (Lipinski definition) is 7. The molecule has 0 spiro atoms. The fourth-order valence-electron chi connectivity index (χ4n) is 3.05. The first kappa shape index (κ1) is 20.0. The van der Waals surface area contributed by atoms with Gasteiger partial charge in [-0.15, -0.1) is 17.9 Å². The average molecular weight is 402 g/mol. The summed E-state index contributed by atoms with van der Waals surface area (Å²) in [5.41, 5.74) is 8.54. The highest BCUT2D eigenvalue weighted by Crippen LogP contribution is 2.39. The highest BCUT2D eigenvalue weighted by atomic mass is 32.1. The Labute approximate surface area is 167 Å². The van der Waals surface area contributed by atoms with Gasteiger partial charge in [0.1, 0.15) is 6.61 Å². The minimum atomic E-state index is -0.978. The molecule has 148 valence electrons. The molecule has 0 fully saturated rings. The largest absolute Gasteiger partial charge is 0.445 e. The molecular formula is C19H22N4O4S. The normalized spacial score (nSPS) is 18.6. The van der Waals surface area contributed by atoms with Crippen molar-refractivity contribution in [1.29, 1.82) is 0 Å². The Kier molecular flexibility index (Phi) is 6.40. The van der Waals surface area contributed by atoms with E-state index < -0.39 is 18.0 Å². The summed E-state index contributed by atoms with van der Waals surface area (Å²) in [5.74, 6) is -0.656. The molecule has 9 heteroatoms. The van der Waals surface area contributed by atoms with Crippen molar-refractivity contribution in [2.45, 2.75) is 18.7 Å². The first-order valence-electron chi connectivity index (χ1n) is 8.69. The Bertz CT molecular complexity index is 841. The lowest BCUT2D eigenvalue weighted by Crippen LogP contribution is -2.49. The zero-order valence-electron chi connectivity index (χ0n) is 15.5. The van der Waals surface area contributed by atoms with Gasteiger partial charge in [-0.2, -0.15) is 5.06 Å². The van der Waals surface area contributed by atoms with Crippen LogP contribution in [-0.4, -0.2) is 47.1 Å². The number of rotatable bonds is 7. The van der Waals surface area contributed by atoms with Crippen LogP contribution in [0.2, 0.25) is 0 Å². The number of fused-ring (bicyclic) bond motifs is 1. The maximum absolute atomic E-state index is 12.8.